The molecular weight excluding hydrogens is 420 g/mol. The summed E-state index contributed by atoms with van der Waals surface area (Å²) in [5.74, 6) is 0.896. The van der Waals surface area contributed by atoms with Crippen LogP contribution < -0.4 is 10.1 Å². The van der Waals surface area contributed by atoms with Gasteiger partial charge in [-0.15, -0.1) is 0 Å². The van der Waals surface area contributed by atoms with E-state index >= 15 is 0 Å². The van der Waals surface area contributed by atoms with Gasteiger partial charge in [-0.2, -0.15) is 5.10 Å². The summed E-state index contributed by atoms with van der Waals surface area (Å²) >= 11 is 7.49. The highest BCUT2D eigenvalue weighted by atomic mass is 35.5. The Bertz CT molecular complexity index is 1210. The zero-order valence-electron chi connectivity index (χ0n) is 16.4. The van der Waals surface area contributed by atoms with E-state index in [4.69, 9.17) is 16.3 Å². The van der Waals surface area contributed by atoms with Gasteiger partial charge in [0.15, 0.2) is 0 Å². The van der Waals surface area contributed by atoms with E-state index in [2.05, 4.69) is 15.4 Å². The van der Waals surface area contributed by atoms with Gasteiger partial charge in [0.25, 0.3) is 0 Å². The second-order valence-electron chi connectivity index (χ2n) is 6.57. The van der Waals surface area contributed by atoms with E-state index in [9.17, 15) is 4.79 Å². The number of rotatable bonds is 6. The highest BCUT2D eigenvalue weighted by Crippen LogP contribution is 2.28. The van der Waals surface area contributed by atoms with Gasteiger partial charge < -0.3 is 10.1 Å². The highest BCUT2D eigenvalue weighted by molar-refractivity contribution is 8.00. The summed E-state index contributed by atoms with van der Waals surface area (Å²) in [4.78, 5) is 16.9. The summed E-state index contributed by atoms with van der Waals surface area (Å²) in [5, 5.41) is 8.89. The number of anilines is 1. The van der Waals surface area contributed by atoms with Gasteiger partial charge in [-0.3, -0.25) is 4.79 Å². The van der Waals surface area contributed by atoms with Crippen LogP contribution in [0.3, 0.4) is 0 Å². The number of carbonyl (C=O) groups excluding carboxylic acids is 1. The molecule has 0 atom stereocenters. The monoisotopic (exact) mass is 438 g/mol. The third-order valence-corrected chi connectivity index (χ3v) is 6.03. The number of nitrogens with one attached hydrogen (secondary N) is 1. The molecule has 1 amide bonds. The summed E-state index contributed by atoms with van der Waals surface area (Å²) in [6.07, 6.45) is 3.47. The number of amides is 1. The second-order valence-corrected chi connectivity index (χ2v) is 7.94. The molecule has 0 aliphatic rings. The Hall–Kier alpha value is -3.03. The van der Waals surface area contributed by atoms with E-state index in [-0.39, 0.29) is 11.7 Å². The topological polar surface area (TPSA) is 68.5 Å². The number of ether oxygens (including phenoxy) is 1. The van der Waals surface area contributed by atoms with Crippen LogP contribution >= 0.6 is 23.4 Å². The molecule has 0 fully saturated rings. The van der Waals surface area contributed by atoms with Crippen molar-refractivity contribution in [2.45, 2.75) is 11.9 Å². The van der Waals surface area contributed by atoms with Crippen LogP contribution in [0.5, 0.6) is 5.75 Å². The molecule has 0 aliphatic carbocycles. The molecule has 8 heteroatoms. The number of halogens is 1. The zero-order valence-corrected chi connectivity index (χ0v) is 18.0. The van der Waals surface area contributed by atoms with E-state index in [1.165, 1.54) is 11.8 Å². The third kappa shape index (κ3) is 4.27. The first-order valence-electron chi connectivity index (χ1n) is 9.22. The number of hydrogen-bond donors (Lipinski definition) is 1. The molecule has 2 heterocycles. The summed E-state index contributed by atoms with van der Waals surface area (Å²) in [5.41, 5.74) is 4.21. The number of benzene rings is 2. The van der Waals surface area contributed by atoms with Crippen molar-refractivity contribution < 1.29 is 9.53 Å². The molecule has 0 saturated heterocycles. The van der Waals surface area contributed by atoms with Gasteiger partial charge in [0.2, 0.25) is 5.91 Å². The van der Waals surface area contributed by atoms with Crippen LogP contribution in [-0.4, -0.2) is 33.4 Å². The van der Waals surface area contributed by atoms with Crippen LogP contribution in [0.1, 0.15) is 5.56 Å². The van der Waals surface area contributed by atoms with Gasteiger partial charge >= 0.3 is 0 Å². The minimum absolute atomic E-state index is 0.121. The Balaban J connectivity index is 1.50. The molecule has 4 rings (SSSR count). The molecule has 0 radical (unpaired) electrons. The number of hydrogen-bond acceptors (Lipinski definition) is 5. The summed E-state index contributed by atoms with van der Waals surface area (Å²) in [7, 11) is 1.64. The maximum atomic E-state index is 12.4. The van der Waals surface area contributed by atoms with Gasteiger partial charge in [-0.05, 0) is 55.0 Å². The van der Waals surface area contributed by atoms with Crippen LogP contribution in [0.25, 0.3) is 16.8 Å². The summed E-state index contributed by atoms with van der Waals surface area (Å²) in [6, 6.07) is 15.1. The SMILES string of the molecule is COc1ccc(-c2cc3c(SCC(=O)Nc4cccc(Cl)c4C)nccn3n2)cc1. The minimum Gasteiger partial charge on any atom is -0.497 e. The maximum absolute atomic E-state index is 12.4. The molecule has 30 heavy (non-hydrogen) atoms. The molecule has 0 aliphatic heterocycles. The normalized spacial score (nSPS) is 10.9. The van der Waals surface area contributed by atoms with Crippen molar-refractivity contribution in [3.63, 3.8) is 0 Å². The van der Waals surface area contributed by atoms with Crippen molar-refractivity contribution in [2.75, 3.05) is 18.2 Å². The Morgan fingerprint density at radius 1 is 1.23 bits per heavy atom. The van der Waals surface area contributed by atoms with E-state index < -0.39 is 0 Å². The predicted molar refractivity (Wildman–Crippen MR) is 121 cm³/mol. The molecule has 0 unspecified atom stereocenters. The fraction of sp³-hybridized carbons (Fsp3) is 0.136. The van der Waals surface area contributed by atoms with Crippen LogP contribution in [0.2, 0.25) is 5.02 Å². The minimum atomic E-state index is -0.121. The van der Waals surface area contributed by atoms with Crippen molar-refractivity contribution >= 4 is 40.5 Å². The van der Waals surface area contributed by atoms with E-state index in [0.717, 1.165) is 33.1 Å². The van der Waals surface area contributed by atoms with Crippen LogP contribution in [-0.2, 0) is 4.79 Å². The number of carbonyl (C=O) groups is 1. The largest absolute Gasteiger partial charge is 0.497 e. The lowest BCUT2D eigenvalue weighted by Crippen LogP contribution is -2.15. The van der Waals surface area contributed by atoms with Gasteiger partial charge in [0.05, 0.1) is 24.1 Å². The maximum Gasteiger partial charge on any atom is 0.234 e. The predicted octanol–water partition coefficient (Wildman–Crippen LogP) is 5.10. The van der Waals surface area contributed by atoms with Crippen molar-refractivity contribution in [1.29, 1.82) is 0 Å². The van der Waals surface area contributed by atoms with Gasteiger partial charge in [-0.1, -0.05) is 29.4 Å². The first kappa shape index (κ1) is 20.3. The van der Waals surface area contributed by atoms with Crippen LogP contribution in [0.15, 0.2) is 66.0 Å². The van der Waals surface area contributed by atoms with Crippen molar-refractivity contribution in [1.82, 2.24) is 14.6 Å². The summed E-state index contributed by atoms with van der Waals surface area (Å²) in [6.45, 7) is 1.88. The summed E-state index contributed by atoms with van der Waals surface area (Å²) < 4.78 is 6.98. The molecule has 2 aromatic carbocycles. The van der Waals surface area contributed by atoms with Crippen molar-refractivity contribution in [3.8, 4) is 17.0 Å². The first-order chi connectivity index (χ1) is 14.5. The smallest absolute Gasteiger partial charge is 0.234 e. The van der Waals surface area contributed by atoms with Crippen LogP contribution in [0, 0.1) is 6.92 Å². The molecule has 4 aromatic rings. The molecule has 0 bridgehead atoms. The third-order valence-electron chi connectivity index (χ3n) is 4.62. The first-order valence-corrected chi connectivity index (χ1v) is 10.6. The standard InChI is InChI=1S/C22H19ClN4O2S/c1-14-17(23)4-3-5-18(14)25-21(28)13-30-22-20-12-19(26-27(20)11-10-24-22)15-6-8-16(29-2)9-7-15/h3-12H,13H2,1-2H3,(H,25,28). The highest BCUT2D eigenvalue weighted by Gasteiger charge is 2.12. The lowest BCUT2D eigenvalue weighted by Gasteiger charge is -2.09. The molecule has 6 nitrogen and oxygen atoms in total. The van der Waals surface area contributed by atoms with Gasteiger partial charge in [0, 0.05) is 28.7 Å². The number of thioether (sulfide) groups is 1. The Kier molecular flexibility index (Phi) is 5.92. The molecular formula is C22H19ClN4O2S. The molecule has 0 spiro atoms. The quantitative estimate of drug-likeness (QED) is 0.424. The molecule has 1 N–H and O–H groups in total. The van der Waals surface area contributed by atoms with Crippen LogP contribution in [0.4, 0.5) is 5.69 Å². The van der Waals surface area contributed by atoms with E-state index in [1.807, 2.05) is 49.4 Å². The second kappa shape index (κ2) is 8.77. The van der Waals surface area contributed by atoms with Crippen molar-refractivity contribution in [3.05, 3.63) is 71.5 Å². The average Bonchev–Trinajstić information content (AvgIpc) is 3.20. The van der Waals surface area contributed by atoms with E-state index in [0.29, 0.717) is 10.7 Å². The Morgan fingerprint density at radius 2 is 2.03 bits per heavy atom. The molecule has 2 aromatic heterocycles. The molecule has 0 saturated carbocycles. The average molecular weight is 439 g/mol. The fourth-order valence-corrected chi connectivity index (χ4v) is 3.93. The molecule has 152 valence electrons. The Labute approximate surface area is 183 Å². The fourth-order valence-electron chi connectivity index (χ4n) is 2.98. The van der Waals surface area contributed by atoms with Crippen molar-refractivity contribution in [2.24, 2.45) is 0 Å². The van der Waals surface area contributed by atoms with Gasteiger partial charge in [-0.25, -0.2) is 9.50 Å². The van der Waals surface area contributed by atoms with E-state index in [1.54, 1.807) is 30.1 Å². The zero-order chi connectivity index (χ0) is 21.1. The number of nitrogens with zero attached hydrogens (tertiary/aromatic N) is 3. The number of methoxy groups -OCH3 is 1. The lowest BCUT2D eigenvalue weighted by atomic mass is 10.1. The lowest BCUT2D eigenvalue weighted by molar-refractivity contribution is -0.113. The number of fused-ring (bicyclic) bond motifs is 1. The van der Waals surface area contributed by atoms with Gasteiger partial charge in [0.1, 0.15) is 10.8 Å². The number of aromatic nitrogens is 3. The Morgan fingerprint density at radius 3 is 2.80 bits per heavy atom.